The Labute approximate surface area is 112 Å². The van der Waals surface area contributed by atoms with Crippen LogP contribution in [0.1, 0.15) is 32.3 Å². The Balaban J connectivity index is 2.51. The molecule has 0 unspecified atom stereocenters. The second kappa shape index (κ2) is 5.57. The monoisotopic (exact) mass is 256 g/mol. The van der Waals surface area contributed by atoms with Crippen LogP contribution < -0.4 is 4.74 Å². The number of esters is 1. The van der Waals surface area contributed by atoms with Gasteiger partial charge < -0.3 is 9.30 Å². The first-order chi connectivity index (χ1) is 9.15. The Morgan fingerprint density at radius 3 is 2.89 bits per heavy atom. The van der Waals surface area contributed by atoms with Crippen LogP contribution in [0.4, 0.5) is 0 Å². The molecule has 2 aromatic rings. The van der Waals surface area contributed by atoms with Gasteiger partial charge in [0.25, 0.3) is 0 Å². The van der Waals surface area contributed by atoms with Crippen LogP contribution in [0.5, 0.6) is 5.75 Å². The normalized spacial score (nSPS) is 10.4. The fourth-order valence-electron chi connectivity index (χ4n) is 2.11. The molecule has 1 aromatic carbocycles. The number of nitriles is 1. The minimum Gasteiger partial charge on any atom is -0.427 e. The van der Waals surface area contributed by atoms with Gasteiger partial charge in [0.2, 0.25) is 0 Å². The summed E-state index contributed by atoms with van der Waals surface area (Å²) in [6, 6.07) is 7.50. The van der Waals surface area contributed by atoms with E-state index in [0.29, 0.717) is 11.3 Å². The van der Waals surface area contributed by atoms with Gasteiger partial charge in [-0.2, -0.15) is 5.26 Å². The first-order valence-corrected chi connectivity index (χ1v) is 6.37. The van der Waals surface area contributed by atoms with E-state index in [1.54, 1.807) is 6.07 Å². The molecule has 2 rings (SSSR count). The van der Waals surface area contributed by atoms with Gasteiger partial charge in [-0.1, -0.05) is 13.3 Å². The van der Waals surface area contributed by atoms with Crippen molar-refractivity contribution in [1.29, 1.82) is 5.26 Å². The van der Waals surface area contributed by atoms with Gasteiger partial charge >= 0.3 is 5.97 Å². The molecule has 0 spiro atoms. The van der Waals surface area contributed by atoms with Gasteiger partial charge in [-0.3, -0.25) is 4.79 Å². The van der Waals surface area contributed by atoms with Gasteiger partial charge in [0.05, 0.1) is 17.1 Å². The average Bonchev–Trinajstić information content (AvgIpc) is 2.77. The van der Waals surface area contributed by atoms with Gasteiger partial charge in [0.1, 0.15) is 5.75 Å². The first-order valence-electron chi connectivity index (χ1n) is 6.37. The van der Waals surface area contributed by atoms with Crippen molar-refractivity contribution in [2.45, 2.75) is 33.2 Å². The second-order valence-electron chi connectivity index (χ2n) is 4.47. The first kappa shape index (κ1) is 13.2. The molecule has 0 radical (unpaired) electrons. The molecule has 98 valence electrons. The molecule has 0 aliphatic rings. The number of rotatable bonds is 4. The molecule has 0 amide bonds. The molecule has 0 saturated carbocycles. The van der Waals surface area contributed by atoms with Crippen LogP contribution in [0.25, 0.3) is 10.9 Å². The number of hydrogen-bond acceptors (Lipinski definition) is 3. The van der Waals surface area contributed by atoms with E-state index >= 15 is 0 Å². The maximum Gasteiger partial charge on any atom is 0.308 e. The minimum atomic E-state index is -0.380. The molecule has 0 fully saturated rings. The smallest absolute Gasteiger partial charge is 0.308 e. The van der Waals surface area contributed by atoms with E-state index < -0.39 is 0 Å². The van der Waals surface area contributed by atoms with Crippen LogP contribution in [0.15, 0.2) is 24.4 Å². The summed E-state index contributed by atoms with van der Waals surface area (Å²) in [5.74, 6) is 0.0444. The highest BCUT2D eigenvalue weighted by Gasteiger charge is 2.10. The zero-order chi connectivity index (χ0) is 13.8. The zero-order valence-electron chi connectivity index (χ0n) is 11.1. The predicted molar refractivity (Wildman–Crippen MR) is 72.9 cm³/mol. The molecule has 0 bridgehead atoms. The van der Waals surface area contributed by atoms with Crippen LogP contribution in [-0.2, 0) is 11.3 Å². The van der Waals surface area contributed by atoms with Crippen molar-refractivity contribution >= 4 is 16.9 Å². The molecule has 0 N–H and O–H groups in total. The molecule has 0 saturated heterocycles. The molecule has 0 atom stereocenters. The summed E-state index contributed by atoms with van der Waals surface area (Å²) in [6.45, 7) is 4.39. The van der Waals surface area contributed by atoms with E-state index in [0.717, 1.165) is 30.3 Å². The van der Waals surface area contributed by atoms with Crippen molar-refractivity contribution in [3.8, 4) is 11.8 Å². The van der Waals surface area contributed by atoms with Crippen LogP contribution in [-0.4, -0.2) is 10.5 Å². The van der Waals surface area contributed by atoms with E-state index in [4.69, 9.17) is 4.74 Å². The van der Waals surface area contributed by atoms with Crippen LogP contribution in [0.3, 0.4) is 0 Å². The summed E-state index contributed by atoms with van der Waals surface area (Å²) < 4.78 is 7.18. The Bertz CT molecular complexity index is 650. The Kier molecular flexibility index (Phi) is 3.86. The van der Waals surface area contributed by atoms with E-state index in [1.807, 2.05) is 18.3 Å². The van der Waals surface area contributed by atoms with Crippen LogP contribution >= 0.6 is 0 Å². The molecular weight excluding hydrogens is 240 g/mol. The Morgan fingerprint density at radius 1 is 1.47 bits per heavy atom. The molecule has 0 aliphatic carbocycles. The third-order valence-electron chi connectivity index (χ3n) is 3.00. The topological polar surface area (TPSA) is 55.0 Å². The highest BCUT2D eigenvalue weighted by molar-refractivity contribution is 5.88. The van der Waals surface area contributed by atoms with Crippen molar-refractivity contribution in [1.82, 2.24) is 4.57 Å². The molecule has 1 heterocycles. The van der Waals surface area contributed by atoms with Gasteiger partial charge in [-0.15, -0.1) is 0 Å². The lowest BCUT2D eigenvalue weighted by molar-refractivity contribution is -0.131. The number of aromatic nitrogens is 1. The van der Waals surface area contributed by atoms with Gasteiger partial charge in [0.15, 0.2) is 0 Å². The van der Waals surface area contributed by atoms with Gasteiger partial charge in [0, 0.05) is 31.1 Å². The number of carbonyl (C=O) groups excluding carboxylic acids is 1. The lowest BCUT2D eigenvalue weighted by Gasteiger charge is -2.07. The lowest BCUT2D eigenvalue weighted by atomic mass is 10.1. The van der Waals surface area contributed by atoms with Crippen molar-refractivity contribution in [3.63, 3.8) is 0 Å². The largest absolute Gasteiger partial charge is 0.427 e. The fraction of sp³-hybridized carbons (Fsp3) is 0.333. The van der Waals surface area contributed by atoms with Crippen LogP contribution in [0, 0.1) is 11.3 Å². The minimum absolute atomic E-state index is 0.380. The fourth-order valence-corrected chi connectivity index (χ4v) is 2.11. The van der Waals surface area contributed by atoms with E-state index in [9.17, 15) is 10.1 Å². The highest BCUT2D eigenvalue weighted by Crippen LogP contribution is 2.26. The van der Waals surface area contributed by atoms with Crippen molar-refractivity contribution in [3.05, 3.63) is 30.0 Å². The Morgan fingerprint density at radius 2 is 2.26 bits per heavy atom. The number of ether oxygens (including phenoxy) is 1. The molecular formula is C15H16N2O2. The number of hydrogen-bond donors (Lipinski definition) is 0. The molecule has 1 aromatic heterocycles. The summed E-state index contributed by atoms with van der Waals surface area (Å²) in [6.07, 6.45) is 4.15. The van der Waals surface area contributed by atoms with E-state index in [1.165, 1.54) is 6.92 Å². The molecule has 0 aliphatic heterocycles. The summed E-state index contributed by atoms with van der Waals surface area (Å²) in [4.78, 5) is 11.0. The number of unbranched alkanes of at least 4 members (excludes halogenated alkanes) is 1. The quantitative estimate of drug-likeness (QED) is 0.623. The average molecular weight is 256 g/mol. The number of aryl methyl sites for hydroxylation is 1. The van der Waals surface area contributed by atoms with Crippen LogP contribution in [0.2, 0.25) is 0 Å². The highest BCUT2D eigenvalue weighted by atomic mass is 16.5. The Hall–Kier alpha value is -2.28. The summed E-state index contributed by atoms with van der Waals surface area (Å²) >= 11 is 0. The van der Waals surface area contributed by atoms with Crippen molar-refractivity contribution in [2.75, 3.05) is 0 Å². The summed E-state index contributed by atoms with van der Waals surface area (Å²) in [5, 5.41) is 10.1. The third-order valence-corrected chi connectivity index (χ3v) is 3.00. The van der Waals surface area contributed by atoms with Crippen molar-refractivity contribution < 1.29 is 9.53 Å². The van der Waals surface area contributed by atoms with Gasteiger partial charge in [-0.25, -0.2) is 0 Å². The number of fused-ring (bicyclic) bond motifs is 1. The molecule has 4 heteroatoms. The standard InChI is InChI=1S/C15H16N2O2/c1-3-4-6-17-7-5-14-12(10-16)8-13(9-15(14)17)19-11(2)18/h5,7-9H,3-4,6H2,1-2H3. The number of nitrogens with zero attached hydrogens (tertiary/aromatic N) is 2. The maximum absolute atomic E-state index is 11.0. The zero-order valence-corrected chi connectivity index (χ0v) is 11.1. The molecule has 19 heavy (non-hydrogen) atoms. The summed E-state index contributed by atoms with van der Waals surface area (Å²) in [7, 11) is 0. The van der Waals surface area contributed by atoms with E-state index in [-0.39, 0.29) is 5.97 Å². The molecule has 4 nitrogen and oxygen atoms in total. The van der Waals surface area contributed by atoms with Gasteiger partial charge in [-0.05, 0) is 18.6 Å². The maximum atomic E-state index is 11.0. The summed E-state index contributed by atoms with van der Waals surface area (Å²) in [5.41, 5.74) is 1.47. The second-order valence-corrected chi connectivity index (χ2v) is 4.47. The SMILES string of the molecule is CCCCn1ccc2c(C#N)cc(OC(C)=O)cc21. The number of carbonyl (C=O) groups is 1. The predicted octanol–water partition coefficient (Wildman–Crippen LogP) is 3.24. The number of benzene rings is 1. The van der Waals surface area contributed by atoms with Crippen molar-refractivity contribution in [2.24, 2.45) is 0 Å². The van der Waals surface area contributed by atoms with E-state index in [2.05, 4.69) is 17.6 Å². The third kappa shape index (κ3) is 2.76. The lowest BCUT2D eigenvalue weighted by Crippen LogP contribution is -2.02.